The second-order valence-corrected chi connectivity index (χ2v) is 5.31. The highest BCUT2D eigenvalue weighted by Crippen LogP contribution is 2.23. The molecule has 1 aliphatic rings. The number of para-hydroxylation sites is 1. The smallest absolute Gasteiger partial charge is 0.223 e. The summed E-state index contributed by atoms with van der Waals surface area (Å²) in [5.41, 5.74) is 0. The molecule has 0 radical (unpaired) electrons. The number of carbonyl (C=O) groups excluding carboxylic acids is 1. The van der Waals surface area contributed by atoms with Crippen LogP contribution in [0.1, 0.15) is 12.8 Å². The fraction of sp³-hybridized carbons (Fsp3) is 0.500. The first-order valence-electron chi connectivity index (χ1n) is 6.50. The first-order chi connectivity index (χ1) is 9.27. The van der Waals surface area contributed by atoms with Gasteiger partial charge in [-0.2, -0.15) is 0 Å². The highest BCUT2D eigenvalue weighted by Gasteiger charge is 2.20. The Bertz CT molecular complexity index is 419. The molecule has 1 N–H and O–H groups in total. The van der Waals surface area contributed by atoms with E-state index in [1.807, 2.05) is 24.3 Å². The largest absolute Gasteiger partial charge is 0.491 e. The van der Waals surface area contributed by atoms with Gasteiger partial charge in [-0.25, -0.2) is 0 Å². The average Bonchev–Trinajstić information content (AvgIpc) is 2.46. The summed E-state index contributed by atoms with van der Waals surface area (Å²) in [6.07, 6.45) is 1.63. The van der Waals surface area contributed by atoms with Crippen LogP contribution in [-0.4, -0.2) is 32.3 Å². The molecule has 19 heavy (non-hydrogen) atoms. The third-order valence-corrected chi connectivity index (χ3v) is 3.74. The third-order valence-electron chi connectivity index (χ3n) is 3.09. The number of hydrogen-bond acceptors (Lipinski definition) is 3. The monoisotopic (exact) mass is 327 g/mol. The Labute approximate surface area is 121 Å². The van der Waals surface area contributed by atoms with Crippen molar-refractivity contribution in [2.24, 2.45) is 5.92 Å². The Morgan fingerprint density at radius 3 is 2.84 bits per heavy atom. The summed E-state index contributed by atoms with van der Waals surface area (Å²) in [5, 5.41) is 2.91. The van der Waals surface area contributed by atoms with Gasteiger partial charge in [0.15, 0.2) is 0 Å². The molecule has 1 fully saturated rings. The molecule has 5 heteroatoms. The summed E-state index contributed by atoms with van der Waals surface area (Å²) in [5.74, 6) is 0.999. The van der Waals surface area contributed by atoms with Gasteiger partial charge >= 0.3 is 0 Å². The molecule has 1 aliphatic heterocycles. The van der Waals surface area contributed by atoms with Crippen molar-refractivity contribution >= 4 is 21.8 Å². The van der Waals surface area contributed by atoms with Crippen molar-refractivity contribution in [2.75, 3.05) is 26.4 Å². The number of halogens is 1. The number of rotatable bonds is 5. The van der Waals surface area contributed by atoms with Gasteiger partial charge in [-0.1, -0.05) is 12.1 Å². The maximum Gasteiger partial charge on any atom is 0.223 e. The standard InChI is InChI=1S/C14H18BrNO3/c15-12-3-1-2-4-13(12)19-10-7-16-14(17)11-5-8-18-9-6-11/h1-4,11H,5-10H2,(H,16,17). The lowest BCUT2D eigenvalue weighted by atomic mass is 9.99. The molecule has 0 unspecified atom stereocenters. The first kappa shape index (κ1) is 14.3. The molecule has 0 atom stereocenters. The van der Waals surface area contributed by atoms with Crippen LogP contribution in [0, 0.1) is 5.92 Å². The van der Waals surface area contributed by atoms with E-state index in [9.17, 15) is 4.79 Å². The van der Waals surface area contributed by atoms with E-state index in [0.717, 1.165) is 23.1 Å². The van der Waals surface area contributed by atoms with Crippen molar-refractivity contribution in [3.05, 3.63) is 28.7 Å². The van der Waals surface area contributed by atoms with E-state index in [4.69, 9.17) is 9.47 Å². The highest BCUT2D eigenvalue weighted by atomic mass is 79.9. The number of nitrogens with one attached hydrogen (secondary N) is 1. The Balaban J connectivity index is 1.66. The van der Waals surface area contributed by atoms with Gasteiger partial charge in [0.05, 0.1) is 11.0 Å². The Morgan fingerprint density at radius 2 is 2.11 bits per heavy atom. The third kappa shape index (κ3) is 4.51. The van der Waals surface area contributed by atoms with Gasteiger partial charge in [0, 0.05) is 19.1 Å². The van der Waals surface area contributed by atoms with Gasteiger partial charge in [-0.3, -0.25) is 4.79 Å². The second kappa shape index (κ2) is 7.50. The SMILES string of the molecule is O=C(NCCOc1ccccc1Br)C1CCOCC1. The van der Waals surface area contributed by atoms with Crippen LogP contribution >= 0.6 is 15.9 Å². The van der Waals surface area contributed by atoms with Crippen molar-refractivity contribution in [2.45, 2.75) is 12.8 Å². The van der Waals surface area contributed by atoms with Gasteiger partial charge in [0.1, 0.15) is 12.4 Å². The molecule has 0 saturated carbocycles. The fourth-order valence-electron chi connectivity index (χ4n) is 2.00. The molecular weight excluding hydrogens is 310 g/mol. The minimum atomic E-state index is 0.0946. The Morgan fingerprint density at radius 1 is 1.37 bits per heavy atom. The van der Waals surface area contributed by atoms with E-state index in [-0.39, 0.29) is 11.8 Å². The lowest BCUT2D eigenvalue weighted by molar-refractivity contribution is -0.127. The van der Waals surface area contributed by atoms with E-state index in [0.29, 0.717) is 26.4 Å². The van der Waals surface area contributed by atoms with Crippen LogP contribution in [0.25, 0.3) is 0 Å². The zero-order valence-electron chi connectivity index (χ0n) is 10.7. The lowest BCUT2D eigenvalue weighted by Gasteiger charge is -2.21. The summed E-state index contributed by atoms with van der Waals surface area (Å²) >= 11 is 3.41. The summed E-state index contributed by atoms with van der Waals surface area (Å²) < 4.78 is 11.7. The van der Waals surface area contributed by atoms with E-state index >= 15 is 0 Å². The zero-order valence-corrected chi connectivity index (χ0v) is 12.3. The van der Waals surface area contributed by atoms with Crippen LogP contribution in [0.3, 0.4) is 0 Å². The van der Waals surface area contributed by atoms with Crippen molar-refractivity contribution in [3.63, 3.8) is 0 Å². The summed E-state index contributed by atoms with van der Waals surface area (Å²) in [7, 11) is 0. The normalized spacial score (nSPS) is 16.1. The molecule has 0 aliphatic carbocycles. The Kier molecular flexibility index (Phi) is 5.66. The van der Waals surface area contributed by atoms with Gasteiger partial charge in [0.2, 0.25) is 5.91 Å². The summed E-state index contributed by atoms with van der Waals surface area (Å²) in [6.45, 7) is 2.37. The predicted octanol–water partition coefficient (Wildman–Crippen LogP) is 2.37. The van der Waals surface area contributed by atoms with Crippen molar-refractivity contribution in [1.29, 1.82) is 0 Å². The highest BCUT2D eigenvalue weighted by molar-refractivity contribution is 9.10. The van der Waals surface area contributed by atoms with E-state index in [1.165, 1.54) is 0 Å². The minimum Gasteiger partial charge on any atom is -0.491 e. The first-order valence-corrected chi connectivity index (χ1v) is 7.29. The van der Waals surface area contributed by atoms with Crippen LogP contribution in [0.5, 0.6) is 5.75 Å². The quantitative estimate of drug-likeness (QED) is 0.844. The van der Waals surface area contributed by atoms with Gasteiger partial charge < -0.3 is 14.8 Å². The minimum absolute atomic E-state index is 0.0946. The molecule has 1 amide bonds. The maximum atomic E-state index is 11.8. The van der Waals surface area contributed by atoms with Crippen LogP contribution in [0.15, 0.2) is 28.7 Å². The lowest BCUT2D eigenvalue weighted by Crippen LogP contribution is -2.36. The van der Waals surface area contributed by atoms with Crippen LogP contribution in [0.4, 0.5) is 0 Å². The molecule has 0 bridgehead atoms. The van der Waals surface area contributed by atoms with E-state index in [1.54, 1.807) is 0 Å². The molecule has 2 rings (SSSR count). The summed E-state index contributed by atoms with van der Waals surface area (Å²) in [4.78, 5) is 11.8. The fourth-order valence-corrected chi connectivity index (χ4v) is 2.40. The molecule has 1 heterocycles. The number of amides is 1. The molecule has 1 aromatic rings. The maximum absolute atomic E-state index is 11.8. The van der Waals surface area contributed by atoms with Crippen molar-refractivity contribution in [3.8, 4) is 5.75 Å². The predicted molar refractivity (Wildman–Crippen MR) is 76.2 cm³/mol. The molecule has 4 nitrogen and oxygen atoms in total. The van der Waals surface area contributed by atoms with Gasteiger partial charge in [0.25, 0.3) is 0 Å². The van der Waals surface area contributed by atoms with Crippen molar-refractivity contribution in [1.82, 2.24) is 5.32 Å². The van der Waals surface area contributed by atoms with Crippen LogP contribution < -0.4 is 10.1 Å². The number of carbonyl (C=O) groups is 1. The number of hydrogen-bond donors (Lipinski definition) is 1. The number of benzene rings is 1. The molecule has 104 valence electrons. The van der Waals surface area contributed by atoms with Gasteiger partial charge in [-0.05, 0) is 40.9 Å². The molecule has 1 aromatic carbocycles. The molecule has 0 aromatic heterocycles. The number of ether oxygens (including phenoxy) is 2. The van der Waals surface area contributed by atoms with Gasteiger partial charge in [-0.15, -0.1) is 0 Å². The molecule has 1 saturated heterocycles. The Hall–Kier alpha value is -1.07. The zero-order chi connectivity index (χ0) is 13.5. The second-order valence-electron chi connectivity index (χ2n) is 4.46. The van der Waals surface area contributed by atoms with Crippen molar-refractivity contribution < 1.29 is 14.3 Å². The van der Waals surface area contributed by atoms with E-state index < -0.39 is 0 Å². The average molecular weight is 328 g/mol. The molecular formula is C14H18BrNO3. The summed E-state index contributed by atoms with van der Waals surface area (Å²) in [6, 6.07) is 7.67. The van der Waals surface area contributed by atoms with Crippen LogP contribution in [-0.2, 0) is 9.53 Å². The molecule has 0 spiro atoms. The van der Waals surface area contributed by atoms with E-state index in [2.05, 4.69) is 21.2 Å². The topological polar surface area (TPSA) is 47.6 Å². The van der Waals surface area contributed by atoms with Crippen LogP contribution in [0.2, 0.25) is 0 Å².